The summed E-state index contributed by atoms with van der Waals surface area (Å²) < 4.78 is 1.52. The maximum Gasteiger partial charge on any atom is 0.358 e. The largest absolute Gasteiger partial charge is 0.476 e. The quantitative estimate of drug-likeness (QED) is 0.754. The molecule has 1 aromatic carbocycles. The summed E-state index contributed by atoms with van der Waals surface area (Å²) >= 11 is 0. The van der Waals surface area contributed by atoms with Gasteiger partial charge in [-0.25, -0.2) is 9.48 Å². The minimum absolute atomic E-state index is 0.0408. The lowest BCUT2D eigenvalue weighted by Gasteiger charge is -2.06. The van der Waals surface area contributed by atoms with Crippen LogP contribution in [0.3, 0.4) is 0 Å². The molecule has 0 radical (unpaired) electrons. The van der Waals surface area contributed by atoms with E-state index in [2.05, 4.69) is 15.3 Å². The monoisotopic (exact) mass is 254 g/mol. The molecule has 2 aromatic heterocycles. The number of nitrogens with zero attached hydrogens (tertiary/aromatic N) is 4. The molecule has 6 nitrogen and oxygen atoms in total. The Kier molecular flexibility index (Phi) is 2.49. The first kappa shape index (κ1) is 11.3. The molecule has 0 spiro atoms. The first-order chi connectivity index (χ1) is 9.18. The number of carboxylic acids is 1. The van der Waals surface area contributed by atoms with Crippen molar-refractivity contribution in [3.63, 3.8) is 0 Å². The van der Waals surface area contributed by atoms with Crippen LogP contribution < -0.4 is 0 Å². The van der Waals surface area contributed by atoms with Gasteiger partial charge < -0.3 is 5.11 Å². The van der Waals surface area contributed by atoms with Crippen LogP contribution in [-0.2, 0) is 0 Å². The fourth-order valence-electron chi connectivity index (χ4n) is 2.04. The van der Waals surface area contributed by atoms with Crippen molar-refractivity contribution in [2.45, 2.75) is 6.92 Å². The molecule has 0 atom stereocenters. The van der Waals surface area contributed by atoms with Gasteiger partial charge in [0.1, 0.15) is 0 Å². The molecule has 94 valence electrons. The van der Waals surface area contributed by atoms with Crippen molar-refractivity contribution in [1.82, 2.24) is 20.0 Å². The van der Waals surface area contributed by atoms with Crippen LogP contribution in [0.25, 0.3) is 16.5 Å². The summed E-state index contributed by atoms with van der Waals surface area (Å²) in [7, 11) is 0. The number of carbonyl (C=O) groups is 1. The zero-order valence-corrected chi connectivity index (χ0v) is 10.1. The topological polar surface area (TPSA) is 80.9 Å². The number of hydrogen-bond acceptors (Lipinski definition) is 4. The number of aromatic carboxylic acids is 1. The normalized spacial score (nSPS) is 10.8. The van der Waals surface area contributed by atoms with Crippen LogP contribution in [0.1, 0.15) is 16.2 Å². The standard InChI is InChI=1S/C13H10N4O2/c1-8-12(13(18)19)15-16-17(8)11-4-2-3-9-5-6-14-7-10(9)11/h2-7H,1H3,(H,18,19). The maximum atomic E-state index is 11.0. The Bertz CT molecular complexity index is 774. The van der Waals surface area contributed by atoms with Gasteiger partial charge in [-0.15, -0.1) is 5.10 Å². The molecule has 3 aromatic rings. The Labute approximate surface area is 108 Å². The summed E-state index contributed by atoms with van der Waals surface area (Å²) in [4.78, 5) is 15.1. The Balaban J connectivity index is 2.28. The van der Waals surface area contributed by atoms with E-state index in [1.54, 1.807) is 19.3 Å². The smallest absolute Gasteiger partial charge is 0.358 e. The number of fused-ring (bicyclic) bond motifs is 1. The van der Waals surface area contributed by atoms with Crippen LogP contribution in [0.4, 0.5) is 0 Å². The number of pyridine rings is 1. The van der Waals surface area contributed by atoms with E-state index in [1.807, 2.05) is 24.3 Å². The fraction of sp³-hybridized carbons (Fsp3) is 0.0769. The average Bonchev–Trinajstić information content (AvgIpc) is 2.80. The number of benzene rings is 1. The second-order valence-corrected chi connectivity index (χ2v) is 4.11. The Morgan fingerprint density at radius 1 is 1.32 bits per heavy atom. The van der Waals surface area contributed by atoms with E-state index in [1.165, 1.54) is 4.68 Å². The van der Waals surface area contributed by atoms with Crippen LogP contribution >= 0.6 is 0 Å². The molecule has 3 rings (SSSR count). The van der Waals surface area contributed by atoms with Gasteiger partial charge in [-0.1, -0.05) is 17.3 Å². The zero-order valence-electron chi connectivity index (χ0n) is 10.1. The average molecular weight is 254 g/mol. The molecule has 0 aliphatic rings. The van der Waals surface area contributed by atoms with Gasteiger partial charge in [0, 0.05) is 17.8 Å². The van der Waals surface area contributed by atoms with E-state index in [-0.39, 0.29) is 5.69 Å². The molecule has 2 heterocycles. The highest BCUT2D eigenvalue weighted by Gasteiger charge is 2.17. The predicted molar refractivity (Wildman–Crippen MR) is 68.4 cm³/mol. The molecule has 0 amide bonds. The first-order valence-electron chi connectivity index (χ1n) is 5.67. The Morgan fingerprint density at radius 3 is 2.89 bits per heavy atom. The van der Waals surface area contributed by atoms with E-state index >= 15 is 0 Å². The van der Waals surface area contributed by atoms with Gasteiger partial charge in [0.05, 0.1) is 11.4 Å². The molecular formula is C13H10N4O2. The highest BCUT2D eigenvalue weighted by molar-refractivity contribution is 5.90. The van der Waals surface area contributed by atoms with Crippen molar-refractivity contribution in [1.29, 1.82) is 0 Å². The van der Waals surface area contributed by atoms with Crippen molar-refractivity contribution in [2.24, 2.45) is 0 Å². The molecule has 0 aliphatic heterocycles. The van der Waals surface area contributed by atoms with Gasteiger partial charge in [-0.05, 0) is 24.4 Å². The van der Waals surface area contributed by atoms with E-state index in [0.29, 0.717) is 5.69 Å². The van der Waals surface area contributed by atoms with Gasteiger partial charge in [0.2, 0.25) is 0 Å². The minimum Gasteiger partial charge on any atom is -0.476 e. The van der Waals surface area contributed by atoms with Crippen LogP contribution in [0, 0.1) is 6.92 Å². The molecule has 0 saturated carbocycles. The van der Waals surface area contributed by atoms with Crippen LogP contribution in [0.5, 0.6) is 0 Å². The zero-order chi connectivity index (χ0) is 13.4. The van der Waals surface area contributed by atoms with Gasteiger partial charge in [-0.3, -0.25) is 4.98 Å². The highest BCUT2D eigenvalue weighted by atomic mass is 16.4. The molecule has 0 unspecified atom stereocenters. The lowest BCUT2D eigenvalue weighted by atomic mass is 10.1. The number of hydrogen-bond donors (Lipinski definition) is 1. The second kappa shape index (κ2) is 4.16. The first-order valence-corrected chi connectivity index (χ1v) is 5.67. The van der Waals surface area contributed by atoms with Crippen LogP contribution in [0.2, 0.25) is 0 Å². The summed E-state index contributed by atoms with van der Waals surface area (Å²) in [6.45, 7) is 1.68. The third-order valence-corrected chi connectivity index (χ3v) is 2.99. The van der Waals surface area contributed by atoms with Crippen molar-refractivity contribution in [3.05, 3.63) is 48.0 Å². The van der Waals surface area contributed by atoms with Crippen LogP contribution in [0.15, 0.2) is 36.7 Å². The predicted octanol–water partition coefficient (Wildman–Crippen LogP) is 1.82. The van der Waals surface area contributed by atoms with Crippen molar-refractivity contribution in [2.75, 3.05) is 0 Å². The third-order valence-electron chi connectivity index (χ3n) is 2.99. The van der Waals surface area contributed by atoms with Gasteiger partial charge in [0.15, 0.2) is 5.69 Å². The van der Waals surface area contributed by atoms with E-state index in [4.69, 9.17) is 5.11 Å². The molecule has 6 heteroatoms. The molecule has 0 bridgehead atoms. The number of aromatic nitrogens is 4. The Morgan fingerprint density at radius 2 is 2.16 bits per heavy atom. The third kappa shape index (κ3) is 1.74. The maximum absolute atomic E-state index is 11.0. The summed E-state index contributed by atoms with van der Waals surface area (Å²) in [5, 5.41) is 18.5. The fourth-order valence-corrected chi connectivity index (χ4v) is 2.04. The summed E-state index contributed by atoms with van der Waals surface area (Å²) in [6.07, 6.45) is 3.44. The van der Waals surface area contributed by atoms with Gasteiger partial charge in [0.25, 0.3) is 0 Å². The van der Waals surface area contributed by atoms with E-state index < -0.39 is 5.97 Å². The summed E-state index contributed by atoms with van der Waals surface area (Å²) in [5.41, 5.74) is 1.22. The van der Waals surface area contributed by atoms with Gasteiger partial charge in [-0.2, -0.15) is 0 Å². The lowest BCUT2D eigenvalue weighted by molar-refractivity contribution is 0.0689. The SMILES string of the molecule is Cc1c(C(=O)O)nnn1-c1cccc2ccncc12. The number of carboxylic acid groups (broad SMARTS) is 1. The molecular weight excluding hydrogens is 244 g/mol. The molecule has 0 aliphatic carbocycles. The minimum atomic E-state index is -1.08. The molecule has 0 saturated heterocycles. The summed E-state index contributed by atoms with van der Waals surface area (Å²) in [5.74, 6) is -1.08. The molecule has 1 N–H and O–H groups in total. The number of rotatable bonds is 2. The highest BCUT2D eigenvalue weighted by Crippen LogP contribution is 2.22. The van der Waals surface area contributed by atoms with E-state index in [0.717, 1.165) is 16.5 Å². The van der Waals surface area contributed by atoms with Crippen molar-refractivity contribution < 1.29 is 9.90 Å². The Hall–Kier alpha value is -2.76. The van der Waals surface area contributed by atoms with Crippen LogP contribution in [-0.4, -0.2) is 31.1 Å². The van der Waals surface area contributed by atoms with Crippen molar-refractivity contribution in [3.8, 4) is 5.69 Å². The van der Waals surface area contributed by atoms with Crippen molar-refractivity contribution >= 4 is 16.7 Å². The molecule has 19 heavy (non-hydrogen) atoms. The van der Waals surface area contributed by atoms with Gasteiger partial charge >= 0.3 is 5.97 Å². The second-order valence-electron chi connectivity index (χ2n) is 4.11. The lowest BCUT2D eigenvalue weighted by Crippen LogP contribution is -2.03. The summed E-state index contributed by atoms with van der Waals surface area (Å²) in [6, 6.07) is 7.60. The van der Waals surface area contributed by atoms with E-state index in [9.17, 15) is 4.79 Å². The molecule has 0 fully saturated rings.